The van der Waals surface area contributed by atoms with Crippen LogP contribution < -0.4 is 4.74 Å². The average molecular weight is 263 g/mol. The van der Waals surface area contributed by atoms with Crippen LogP contribution in [0.15, 0.2) is 42.5 Å². The lowest BCUT2D eigenvalue weighted by Gasteiger charge is -2.22. The van der Waals surface area contributed by atoms with Crippen LogP contribution in [0.5, 0.6) is 11.5 Å². The third kappa shape index (κ3) is 2.02. The van der Waals surface area contributed by atoms with Crippen LogP contribution in [0.25, 0.3) is 11.1 Å². The fourth-order valence-electron chi connectivity index (χ4n) is 2.41. The maximum absolute atomic E-state index is 9.49. The standard InChI is InChI=1S/C17H13NO2/c1-11-15-7-6-14(19)8-17(15)20-10-16(11)13-4-2-12(9-18)3-5-13/h2-8,19H,10H2,1H3. The Bertz CT molecular complexity index is 737. The Morgan fingerprint density at radius 2 is 1.90 bits per heavy atom. The number of rotatable bonds is 1. The van der Waals surface area contributed by atoms with Crippen molar-refractivity contribution in [1.29, 1.82) is 5.26 Å². The molecule has 1 heterocycles. The molecule has 0 saturated carbocycles. The minimum absolute atomic E-state index is 0.207. The van der Waals surface area contributed by atoms with Crippen molar-refractivity contribution in [3.05, 3.63) is 59.2 Å². The topological polar surface area (TPSA) is 53.2 Å². The summed E-state index contributed by atoms with van der Waals surface area (Å²) in [4.78, 5) is 0. The lowest BCUT2D eigenvalue weighted by Crippen LogP contribution is -2.09. The van der Waals surface area contributed by atoms with E-state index in [9.17, 15) is 5.11 Å². The summed E-state index contributed by atoms with van der Waals surface area (Å²) in [6, 6.07) is 14.8. The molecule has 3 rings (SSSR count). The number of ether oxygens (including phenoxy) is 1. The fourth-order valence-corrected chi connectivity index (χ4v) is 2.41. The predicted octanol–water partition coefficient (Wildman–Crippen LogP) is 3.59. The summed E-state index contributed by atoms with van der Waals surface area (Å²) in [6.07, 6.45) is 0. The molecule has 1 N–H and O–H groups in total. The monoisotopic (exact) mass is 263 g/mol. The highest BCUT2D eigenvalue weighted by molar-refractivity contribution is 5.93. The molecule has 0 aliphatic carbocycles. The van der Waals surface area contributed by atoms with Crippen molar-refractivity contribution in [3.63, 3.8) is 0 Å². The average Bonchev–Trinajstić information content (AvgIpc) is 2.48. The Hall–Kier alpha value is -2.73. The number of nitriles is 1. The van der Waals surface area contributed by atoms with Gasteiger partial charge in [-0.3, -0.25) is 0 Å². The number of hydrogen-bond acceptors (Lipinski definition) is 3. The zero-order valence-corrected chi connectivity index (χ0v) is 11.1. The van der Waals surface area contributed by atoms with Crippen LogP contribution in [-0.4, -0.2) is 11.7 Å². The summed E-state index contributed by atoms with van der Waals surface area (Å²) in [5, 5.41) is 18.3. The van der Waals surface area contributed by atoms with Crippen LogP contribution in [-0.2, 0) is 0 Å². The molecule has 3 heteroatoms. The van der Waals surface area contributed by atoms with E-state index in [1.54, 1.807) is 12.1 Å². The molecule has 0 aromatic heterocycles. The van der Waals surface area contributed by atoms with Gasteiger partial charge in [0.2, 0.25) is 0 Å². The maximum Gasteiger partial charge on any atom is 0.130 e. The van der Waals surface area contributed by atoms with Gasteiger partial charge in [0.25, 0.3) is 0 Å². The van der Waals surface area contributed by atoms with Gasteiger partial charge in [-0.2, -0.15) is 5.26 Å². The van der Waals surface area contributed by atoms with Gasteiger partial charge < -0.3 is 9.84 Å². The molecule has 0 radical (unpaired) electrons. The zero-order valence-electron chi connectivity index (χ0n) is 11.1. The Morgan fingerprint density at radius 1 is 1.15 bits per heavy atom. The van der Waals surface area contributed by atoms with Gasteiger partial charge in [0.05, 0.1) is 11.6 Å². The second-order valence-corrected chi connectivity index (χ2v) is 4.76. The van der Waals surface area contributed by atoms with Crippen LogP contribution in [0.1, 0.15) is 23.6 Å². The first kappa shape index (κ1) is 12.3. The van der Waals surface area contributed by atoms with E-state index in [1.165, 1.54) is 0 Å². The molecular weight excluding hydrogens is 250 g/mol. The summed E-state index contributed by atoms with van der Waals surface area (Å²) < 4.78 is 5.72. The molecule has 0 amide bonds. The Morgan fingerprint density at radius 3 is 2.60 bits per heavy atom. The number of benzene rings is 2. The van der Waals surface area contributed by atoms with E-state index < -0.39 is 0 Å². The molecule has 0 bridgehead atoms. The van der Waals surface area contributed by atoms with Crippen molar-refractivity contribution >= 4 is 11.1 Å². The molecule has 1 aliphatic rings. The second-order valence-electron chi connectivity index (χ2n) is 4.76. The number of nitrogens with zero attached hydrogens (tertiary/aromatic N) is 1. The Kier molecular flexibility index (Phi) is 2.92. The van der Waals surface area contributed by atoms with Crippen molar-refractivity contribution in [3.8, 4) is 17.6 Å². The summed E-state index contributed by atoms with van der Waals surface area (Å²) in [6.45, 7) is 2.51. The van der Waals surface area contributed by atoms with Gasteiger partial charge >= 0.3 is 0 Å². The third-order valence-corrected chi connectivity index (χ3v) is 3.56. The maximum atomic E-state index is 9.49. The van der Waals surface area contributed by atoms with Gasteiger partial charge in [-0.15, -0.1) is 0 Å². The molecule has 0 saturated heterocycles. The number of phenolic OH excluding ortho intramolecular Hbond substituents is 1. The van der Waals surface area contributed by atoms with E-state index >= 15 is 0 Å². The highest BCUT2D eigenvalue weighted by atomic mass is 16.5. The molecule has 98 valence electrons. The van der Waals surface area contributed by atoms with Crippen LogP contribution in [0.2, 0.25) is 0 Å². The highest BCUT2D eigenvalue weighted by Crippen LogP contribution is 2.38. The second kappa shape index (κ2) is 4.75. The summed E-state index contributed by atoms with van der Waals surface area (Å²) in [5.74, 6) is 0.915. The van der Waals surface area contributed by atoms with Crippen LogP contribution >= 0.6 is 0 Å². The van der Waals surface area contributed by atoms with Crippen molar-refractivity contribution in [2.45, 2.75) is 6.92 Å². The van der Waals surface area contributed by atoms with Crippen LogP contribution in [0.3, 0.4) is 0 Å². The van der Waals surface area contributed by atoms with E-state index in [4.69, 9.17) is 10.00 Å². The lowest BCUT2D eigenvalue weighted by atomic mass is 9.93. The number of fused-ring (bicyclic) bond motifs is 1. The molecule has 0 unspecified atom stereocenters. The summed E-state index contributed by atoms with van der Waals surface area (Å²) in [5.41, 5.74) is 4.94. The Labute approximate surface area is 117 Å². The fraction of sp³-hybridized carbons (Fsp3) is 0.118. The number of aromatic hydroxyl groups is 1. The number of allylic oxidation sites excluding steroid dienone is 1. The van der Waals surface area contributed by atoms with Crippen molar-refractivity contribution in [2.24, 2.45) is 0 Å². The molecule has 3 nitrogen and oxygen atoms in total. The molecule has 2 aromatic rings. The lowest BCUT2D eigenvalue weighted by molar-refractivity contribution is 0.361. The predicted molar refractivity (Wildman–Crippen MR) is 77.2 cm³/mol. The third-order valence-electron chi connectivity index (χ3n) is 3.56. The normalized spacial score (nSPS) is 13.4. The van der Waals surface area contributed by atoms with Crippen molar-refractivity contribution in [2.75, 3.05) is 6.61 Å². The van der Waals surface area contributed by atoms with E-state index in [-0.39, 0.29) is 5.75 Å². The Balaban J connectivity index is 2.07. The molecule has 0 spiro atoms. The van der Waals surface area contributed by atoms with E-state index in [1.807, 2.05) is 37.3 Å². The molecule has 0 fully saturated rings. The molecule has 2 aromatic carbocycles. The largest absolute Gasteiger partial charge is 0.508 e. The minimum atomic E-state index is 0.207. The van der Waals surface area contributed by atoms with Gasteiger partial charge in [0.15, 0.2) is 0 Å². The molecular formula is C17H13NO2. The number of hydrogen-bond donors (Lipinski definition) is 1. The van der Waals surface area contributed by atoms with Gasteiger partial charge in [-0.1, -0.05) is 12.1 Å². The van der Waals surface area contributed by atoms with E-state index in [2.05, 4.69) is 6.07 Å². The van der Waals surface area contributed by atoms with Gasteiger partial charge in [-0.05, 0) is 42.3 Å². The minimum Gasteiger partial charge on any atom is -0.508 e. The van der Waals surface area contributed by atoms with Crippen LogP contribution in [0, 0.1) is 11.3 Å². The zero-order chi connectivity index (χ0) is 14.1. The highest BCUT2D eigenvalue weighted by Gasteiger charge is 2.18. The van der Waals surface area contributed by atoms with Crippen molar-refractivity contribution in [1.82, 2.24) is 0 Å². The van der Waals surface area contributed by atoms with E-state index in [0.29, 0.717) is 17.9 Å². The molecule has 0 atom stereocenters. The first-order valence-electron chi connectivity index (χ1n) is 6.35. The van der Waals surface area contributed by atoms with Crippen LogP contribution in [0.4, 0.5) is 0 Å². The van der Waals surface area contributed by atoms with E-state index in [0.717, 1.165) is 22.3 Å². The summed E-state index contributed by atoms with van der Waals surface area (Å²) in [7, 11) is 0. The first-order valence-corrected chi connectivity index (χ1v) is 6.35. The smallest absolute Gasteiger partial charge is 0.130 e. The van der Waals surface area contributed by atoms with Gasteiger partial charge in [0.1, 0.15) is 18.1 Å². The summed E-state index contributed by atoms with van der Waals surface area (Å²) >= 11 is 0. The first-order chi connectivity index (χ1) is 9.69. The quantitative estimate of drug-likeness (QED) is 0.855. The molecule has 1 aliphatic heterocycles. The molecule has 20 heavy (non-hydrogen) atoms. The number of phenols is 1. The van der Waals surface area contributed by atoms with Gasteiger partial charge in [-0.25, -0.2) is 0 Å². The SMILES string of the molecule is CC1=C(c2ccc(C#N)cc2)COc2cc(O)ccc21. The van der Waals surface area contributed by atoms with Crippen molar-refractivity contribution < 1.29 is 9.84 Å². The van der Waals surface area contributed by atoms with Gasteiger partial charge in [0, 0.05) is 17.2 Å².